The topological polar surface area (TPSA) is 105 Å². The maximum atomic E-state index is 14.4. The lowest BCUT2D eigenvalue weighted by Gasteiger charge is -2.34. The molecule has 0 radical (unpaired) electrons. The summed E-state index contributed by atoms with van der Waals surface area (Å²) in [5, 5.41) is 3.88. The molecular formula is C32H37Cl2N3O6S. The molecule has 12 heteroatoms. The van der Waals surface area contributed by atoms with Gasteiger partial charge >= 0.3 is 0 Å². The van der Waals surface area contributed by atoms with Gasteiger partial charge in [0.25, 0.3) is 0 Å². The molecule has 0 spiro atoms. The van der Waals surface area contributed by atoms with Crippen molar-refractivity contribution in [1.29, 1.82) is 0 Å². The Morgan fingerprint density at radius 1 is 0.977 bits per heavy atom. The Kier molecular flexibility index (Phi) is 11.4. The Labute approximate surface area is 269 Å². The van der Waals surface area contributed by atoms with Crippen molar-refractivity contribution in [2.75, 3.05) is 31.3 Å². The monoisotopic (exact) mass is 661 g/mol. The molecule has 9 nitrogen and oxygen atoms in total. The molecule has 4 rings (SSSR count). The predicted octanol–water partition coefficient (Wildman–Crippen LogP) is 5.48. The van der Waals surface area contributed by atoms with E-state index in [4.69, 9.17) is 32.7 Å². The van der Waals surface area contributed by atoms with E-state index in [0.29, 0.717) is 21.4 Å². The largest absolute Gasteiger partial charge is 0.497 e. The van der Waals surface area contributed by atoms with Gasteiger partial charge in [-0.25, -0.2) is 8.42 Å². The second kappa shape index (κ2) is 15.0. The van der Waals surface area contributed by atoms with E-state index in [-0.39, 0.29) is 36.4 Å². The lowest BCUT2D eigenvalue weighted by atomic mass is 10.0. The predicted molar refractivity (Wildman–Crippen MR) is 173 cm³/mol. The second-order valence-electron chi connectivity index (χ2n) is 10.8. The Balaban J connectivity index is 1.78. The summed E-state index contributed by atoms with van der Waals surface area (Å²) in [5.74, 6) is -0.307. The van der Waals surface area contributed by atoms with Crippen molar-refractivity contribution in [3.05, 3.63) is 87.9 Å². The summed E-state index contributed by atoms with van der Waals surface area (Å²) in [6, 6.07) is 18.0. The first kappa shape index (κ1) is 33.4. The summed E-state index contributed by atoms with van der Waals surface area (Å²) in [7, 11) is -1.14. The molecular weight excluding hydrogens is 625 g/mol. The van der Waals surface area contributed by atoms with E-state index >= 15 is 0 Å². The van der Waals surface area contributed by atoms with Crippen LogP contribution in [0.5, 0.6) is 11.5 Å². The zero-order valence-corrected chi connectivity index (χ0v) is 27.3. The van der Waals surface area contributed by atoms with Crippen molar-refractivity contribution in [3.8, 4) is 11.5 Å². The fourth-order valence-electron chi connectivity index (χ4n) is 5.34. The third kappa shape index (κ3) is 8.58. The van der Waals surface area contributed by atoms with E-state index in [1.807, 2.05) is 30.3 Å². The molecule has 1 N–H and O–H groups in total. The Morgan fingerprint density at radius 2 is 1.68 bits per heavy atom. The van der Waals surface area contributed by atoms with Crippen LogP contribution < -0.4 is 19.1 Å². The summed E-state index contributed by atoms with van der Waals surface area (Å²) in [5.41, 5.74) is 1.52. The van der Waals surface area contributed by atoms with Crippen LogP contribution in [0.15, 0.2) is 66.7 Å². The Hall–Kier alpha value is -3.47. The molecule has 1 aliphatic carbocycles. The van der Waals surface area contributed by atoms with E-state index in [2.05, 4.69) is 5.32 Å². The van der Waals surface area contributed by atoms with Crippen LogP contribution in [-0.2, 0) is 32.6 Å². The van der Waals surface area contributed by atoms with Crippen LogP contribution >= 0.6 is 23.2 Å². The lowest BCUT2D eigenvalue weighted by molar-refractivity contribution is -0.140. The number of hydrogen-bond donors (Lipinski definition) is 1. The summed E-state index contributed by atoms with van der Waals surface area (Å²) in [4.78, 5) is 29.8. The molecule has 0 heterocycles. The minimum absolute atomic E-state index is 0.00501. The van der Waals surface area contributed by atoms with Gasteiger partial charge in [-0.3, -0.25) is 13.9 Å². The molecule has 1 atom stereocenters. The van der Waals surface area contributed by atoms with Crippen LogP contribution in [0.1, 0.15) is 36.8 Å². The highest BCUT2D eigenvalue weighted by atomic mass is 35.5. The number of carbonyl (C=O) groups is 2. The fourth-order valence-corrected chi connectivity index (χ4v) is 6.65. The molecule has 44 heavy (non-hydrogen) atoms. The molecule has 1 saturated carbocycles. The van der Waals surface area contributed by atoms with Gasteiger partial charge in [0.15, 0.2) is 0 Å². The first-order valence-electron chi connectivity index (χ1n) is 14.3. The van der Waals surface area contributed by atoms with Crippen molar-refractivity contribution in [2.24, 2.45) is 0 Å². The number of benzene rings is 3. The van der Waals surface area contributed by atoms with Gasteiger partial charge in [0.1, 0.15) is 24.1 Å². The van der Waals surface area contributed by atoms with Crippen molar-refractivity contribution in [1.82, 2.24) is 10.2 Å². The molecule has 2 amide bonds. The maximum absolute atomic E-state index is 14.4. The smallest absolute Gasteiger partial charge is 0.244 e. The maximum Gasteiger partial charge on any atom is 0.244 e. The molecule has 3 aromatic rings. The number of amides is 2. The standard InChI is InChI=1S/C32H37Cl2N3O6S/c1-42-26-15-16-30(43-2)28(19-26)37(44(3,40)41)21-31(38)36(20-23-13-14-24(33)18-27(23)34)29(17-22-9-5-4-6-10-22)32(39)35-25-11-7-8-12-25/h4-6,9-10,13-16,18-19,25,29H,7-8,11-12,17,20-21H2,1-3H3,(H,35,39)/t29-/m1/s1. The SMILES string of the molecule is COc1ccc(OC)c(N(CC(=O)N(Cc2ccc(Cl)cc2Cl)[C@H](Cc2ccccc2)C(=O)NC2CCCC2)S(C)(=O)=O)c1. The summed E-state index contributed by atoms with van der Waals surface area (Å²) < 4.78 is 38.1. The highest BCUT2D eigenvalue weighted by Gasteiger charge is 2.35. The van der Waals surface area contributed by atoms with E-state index in [1.165, 1.54) is 25.2 Å². The number of sulfonamides is 1. The van der Waals surface area contributed by atoms with Crippen LogP contribution in [0.25, 0.3) is 0 Å². The summed E-state index contributed by atoms with van der Waals surface area (Å²) in [6.07, 6.45) is 4.97. The molecule has 236 valence electrons. The highest BCUT2D eigenvalue weighted by Crippen LogP contribution is 2.34. The minimum Gasteiger partial charge on any atom is -0.497 e. The third-order valence-corrected chi connectivity index (χ3v) is 9.38. The number of carbonyl (C=O) groups excluding carboxylic acids is 2. The number of hydrogen-bond acceptors (Lipinski definition) is 6. The van der Waals surface area contributed by atoms with Crippen LogP contribution in [0.2, 0.25) is 10.0 Å². The normalized spacial score (nSPS) is 14.1. The Bertz CT molecular complexity index is 1570. The number of rotatable bonds is 13. The lowest BCUT2D eigenvalue weighted by Crippen LogP contribution is -2.54. The average Bonchev–Trinajstić information content (AvgIpc) is 3.51. The van der Waals surface area contributed by atoms with Crippen LogP contribution in [0.3, 0.4) is 0 Å². The van der Waals surface area contributed by atoms with Gasteiger partial charge in [0.05, 0.1) is 26.2 Å². The van der Waals surface area contributed by atoms with Crippen molar-refractivity contribution >= 4 is 50.7 Å². The molecule has 0 aliphatic heterocycles. The van der Waals surface area contributed by atoms with Gasteiger partial charge in [0.2, 0.25) is 21.8 Å². The second-order valence-corrected chi connectivity index (χ2v) is 13.5. The minimum atomic E-state index is -4.01. The number of nitrogens with zero attached hydrogens (tertiary/aromatic N) is 2. The fraction of sp³-hybridized carbons (Fsp3) is 0.375. The molecule has 0 unspecified atom stereocenters. The van der Waals surface area contributed by atoms with Crippen molar-refractivity contribution in [3.63, 3.8) is 0 Å². The van der Waals surface area contributed by atoms with Crippen molar-refractivity contribution < 1.29 is 27.5 Å². The number of nitrogens with one attached hydrogen (secondary N) is 1. The number of methoxy groups -OCH3 is 2. The van der Waals surface area contributed by atoms with Gasteiger partial charge < -0.3 is 19.7 Å². The zero-order valence-electron chi connectivity index (χ0n) is 25.0. The third-order valence-electron chi connectivity index (χ3n) is 7.66. The van der Waals surface area contributed by atoms with Gasteiger partial charge in [-0.15, -0.1) is 0 Å². The summed E-state index contributed by atoms with van der Waals surface area (Å²) >= 11 is 12.7. The van der Waals surface area contributed by atoms with E-state index < -0.39 is 28.5 Å². The number of anilines is 1. The highest BCUT2D eigenvalue weighted by molar-refractivity contribution is 7.92. The molecule has 1 fully saturated rings. The van der Waals surface area contributed by atoms with Gasteiger partial charge in [-0.1, -0.05) is 72.4 Å². The Morgan fingerprint density at radius 3 is 2.30 bits per heavy atom. The van der Waals surface area contributed by atoms with E-state index in [9.17, 15) is 18.0 Å². The van der Waals surface area contributed by atoms with E-state index in [1.54, 1.807) is 30.3 Å². The molecule has 1 aliphatic rings. The van der Waals surface area contributed by atoms with Gasteiger partial charge in [0, 0.05) is 35.1 Å². The van der Waals surface area contributed by atoms with Gasteiger partial charge in [-0.2, -0.15) is 0 Å². The van der Waals surface area contributed by atoms with Gasteiger partial charge in [-0.05, 0) is 48.2 Å². The number of ether oxygens (including phenoxy) is 2. The number of halogens is 2. The average molecular weight is 663 g/mol. The first-order chi connectivity index (χ1) is 21.0. The quantitative estimate of drug-likeness (QED) is 0.260. The molecule has 3 aromatic carbocycles. The van der Waals surface area contributed by atoms with E-state index in [0.717, 1.165) is 41.8 Å². The van der Waals surface area contributed by atoms with Crippen LogP contribution in [-0.4, -0.2) is 64.2 Å². The summed E-state index contributed by atoms with van der Waals surface area (Å²) in [6.45, 7) is -0.660. The molecule has 0 bridgehead atoms. The molecule has 0 saturated heterocycles. The van der Waals surface area contributed by atoms with Crippen LogP contribution in [0, 0.1) is 0 Å². The van der Waals surface area contributed by atoms with Crippen LogP contribution in [0.4, 0.5) is 5.69 Å². The first-order valence-corrected chi connectivity index (χ1v) is 16.9. The zero-order chi connectivity index (χ0) is 31.9. The van der Waals surface area contributed by atoms with Crippen molar-refractivity contribution in [2.45, 2.75) is 50.7 Å². The molecule has 0 aromatic heterocycles.